The molecular weight excluding hydrogens is 234 g/mol. The summed E-state index contributed by atoms with van der Waals surface area (Å²) in [5.41, 5.74) is 7.84. The van der Waals surface area contributed by atoms with Gasteiger partial charge in [-0.15, -0.1) is 10.2 Å². The maximum Gasteiger partial charge on any atom is 0.203 e. The smallest absolute Gasteiger partial charge is 0.203 e. The van der Waals surface area contributed by atoms with Gasteiger partial charge in [0, 0.05) is 0 Å². The van der Waals surface area contributed by atoms with Gasteiger partial charge in [0.05, 0.1) is 0 Å². The molecule has 2 rings (SSSR count). The van der Waals surface area contributed by atoms with Crippen molar-refractivity contribution in [2.75, 3.05) is 5.73 Å². The third-order valence-corrected chi connectivity index (χ3v) is 3.36. The monoisotopic (exact) mass is 249 g/mol. The standard InChI is InChI=1S/C12H15N3OS/c1-7-4-5-8(2)10(6-7)16-9(3)11-14-15-12(13)17-11/h4-6,9H,1-3H3,(H2,13,15). The van der Waals surface area contributed by atoms with Crippen molar-refractivity contribution < 1.29 is 4.74 Å². The normalized spacial score (nSPS) is 12.4. The first kappa shape index (κ1) is 11.9. The van der Waals surface area contributed by atoms with Gasteiger partial charge < -0.3 is 10.5 Å². The number of nitrogen functional groups attached to an aromatic ring is 1. The van der Waals surface area contributed by atoms with Crippen LogP contribution in [0.3, 0.4) is 0 Å². The Labute approximate surface area is 104 Å². The van der Waals surface area contributed by atoms with Crippen LogP contribution < -0.4 is 10.5 Å². The quantitative estimate of drug-likeness (QED) is 0.908. The summed E-state index contributed by atoms with van der Waals surface area (Å²) in [6.45, 7) is 6.01. The molecule has 0 bridgehead atoms. The average Bonchev–Trinajstić information content (AvgIpc) is 2.70. The first-order valence-electron chi connectivity index (χ1n) is 5.39. The van der Waals surface area contributed by atoms with E-state index in [0.29, 0.717) is 5.13 Å². The molecule has 0 saturated carbocycles. The Kier molecular flexibility index (Phi) is 3.28. The van der Waals surface area contributed by atoms with Crippen LogP contribution in [0.5, 0.6) is 5.75 Å². The van der Waals surface area contributed by atoms with Gasteiger partial charge >= 0.3 is 0 Å². The van der Waals surface area contributed by atoms with Gasteiger partial charge in [-0.25, -0.2) is 0 Å². The van der Waals surface area contributed by atoms with Crippen molar-refractivity contribution in [1.82, 2.24) is 10.2 Å². The van der Waals surface area contributed by atoms with Crippen molar-refractivity contribution in [2.24, 2.45) is 0 Å². The minimum Gasteiger partial charge on any atom is -0.483 e. The summed E-state index contributed by atoms with van der Waals surface area (Å²) >= 11 is 1.36. The SMILES string of the molecule is Cc1ccc(C)c(OC(C)c2nnc(N)s2)c1. The fourth-order valence-corrected chi connectivity index (χ4v) is 2.08. The van der Waals surface area contributed by atoms with E-state index in [-0.39, 0.29) is 6.10 Å². The zero-order chi connectivity index (χ0) is 12.4. The number of rotatable bonds is 3. The molecule has 2 aromatic rings. The van der Waals surface area contributed by atoms with Gasteiger partial charge in [-0.3, -0.25) is 0 Å². The van der Waals surface area contributed by atoms with Crippen molar-refractivity contribution >= 4 is 16.5 Å². The molecule has 2 N–H and O–H groups in total. The summed E-state index contributed by atoms with van der Waals surface area (Å²) in [5.74, 6) is 0.881. The van der Waals surface area contributed by atoms with Crippen LogP contribution in [0.15, 0.2) is 18.2 Å². The van der Waals surface area contributed by atoms with Crippen molar-refractivity contribution in [3.05, 3.63) is 34.3 Å². The maximum absolute atomic E-state index is 5.88. The van der Waals surface area contributed by atoms with Crippen LogP contribution in [0.2, 0.25) is 0 Å². The van der Waals surface area contributed by atoms with Crippen molar-refractivity contribution in [1.29, 1.82) is 0 Å². The van der Waals surface area contributed by atoms with E-state index in [2.05, 4.69) is 16.3 Å². The van der Waals surface area contributed by atoms with E-state index in [1.54, 1.807) is 0 Å². The molecule has 0 spiro atoms. The molecule has 0 saturated heterocycles. The van der Waals surface area contributed by atoms with Gasteiger partial charge in [0.15, 0.2) is 5.01 Å². The number of aromatic nitrogens is 2. The lowest BCUT2D eigenvalue weighted by atomic mass is 10.1. The van der Waals surface area contributed by atoms with Crippen LogP contribution in [0.4, 0.5) is 5.13 Å². The molecule has 0 aliphatic carbocycles. The topological polar surface area (TPSA) is 61.0 Å². The Morgan fingerprint density at radius 3 is 2.71 bits per heavy atom. The van der Waals surface area contributed by atoms with Crippen molar-refractivity contribution in [3.63, 3.8) is 0 Å². The van der Waals surface area contributed by atoms with E-state index in [1.807, 2.05) is 32.9 Å². The number of nitrogens with two attached hydrogens (primary N) is 1. The summed E-state index contributed by atoms with van der Waals surface area (Å²) in [6, 6.07) is 6.14. The minimum absolute atomic E-state index is 0.134. The van der Waals surface area contributed by atoms with Crippen LogP contribution in [-0.4, -0.2) is 10.2 Å². The van der Waals surface area contributed by atoms with Gasteiger partial charge in [0.25, 0.3) is 0 Å². The fourth-order valence-electron chi connectivity index (χ4n) is 1.49. The Hall–Kier alpha value is -1.62. The van der Waals surface area contributed by atoms with Gasteiger partial charge in [-0.2, -0.15) is 0 Å². The molecule has 0 amide bonds. The van der Waals surface area contributed by atoms with E-state index < -0.39 is 0 Å². The zero-order valence-corrected chi connectivity index (χ0v) is 10.9. The molecule has 1 aromatic carbocycles. The molecule has 1 heterocycles. The van der Waals surface area contributed by atoms with E-state index >= 15 is 0 Å². The van der Waals surface area contributed by atoms with Crippen LogP contribution in [0.1, 0.15) is 29.2 Å². The predicted molar refractivity (Wildman–Crippen MR) is 69.3 cm³/mol. The molecule has 0 aliphatic heterocycles. The number of hydrogen-bond acceptors (Lipinski definition) is 5. The van der Waals surface area contributed by atoms with E-state index in [0.717, 1.165) is 16.3 Å². The molecule has 0 radical (unpaired) electrons. The molecule has 1 atom stereocenters. The van der Waals surface area contributed by atoms with Crippen LogP contribution in [0.25, 0.3) is 0 Å². The number of aryl methyl sites for hydroxylation is 2. The van der Waals surface area contributed by atoms with Gasteiger partial charge in [-0.05, 0) is 38.0 Å². The Balaban J connectivity index is 2.18. The molecule has 1 aromatic heterocycles. The lowest BCUT2D eigenvalue weighted by molar-refractivity contribution is 0.224. The molecular formula is C12H15N3OS. The summed E-state index contributed by atoms with van der Waals surface area (Å²) in [4.78, 5) is 0. The lowest BCUT2D eigenvalue weighted by Gasteiger charge is -2.14. The van der Waals surface area contributed by atoms with Gasteiger partial charge in [-0.1, -0.05) is 23.5 Å². The molecule has 17 heavy (non-hydrogen) atoms. The first-order chi connectivity index (χ1) is 8.06. The molecule has 1 unspecified atom stereocenters. The summed E-state index contributed by atoms with van der Waals surface area (Å²) < 4.78 is 5.88. The Morgan fingerprint density at radius 2 is 2.06 bits per heavy atom. The number of benzene rings is 1. The Bertz CT molecular complexity index is 524. The fraction of sp³-hybridized carbons (Fsp3) is 0.333. The van der Waals surface area contributed by atoms with Crippen LogP contribution in [-0.2, 0) is 0 Å². The second-order valence-electron chi connectivity index (χ2n) is 4.01. The van der Waals surface area contributed by atoms with E-state index in [4.69, 9.17) is 10.5 Å². The third kappa shape index (κ3) is 2.74. The predicted octanol–water partition coefficient (Wildman–Crippen LogP) is 2.88. The highest BCUT2D eigenvalue weighted by Gasteiger charge is 2.13. The second kappa shape index (κ2) is 4.71. The maximum atomic E-state index is 5.88. The van der Waals surface area contributed by atoms with Crippen molar-refractivity contribution in [3.8, 4) is 5.75 Å². The minimum atomic E-state index is -0.134. The summed E-state index contributed by atoms with van der Waals surface area (Å²) in [5, 5.41) is 9.03. The summed E-state index contributed by atoms with van der Waals surface area (Å²) in [7, 11) is 0. The average molecular weight is 249 g/mol. The summed E-state index contributed by atoms with van der Waals surface area (Å²) in [6.07, 6.45) is -0.134. The Morgan fingerprint density at radius 1 is 1.29 bits per heavy atom. The van der Waals surface area contributed by atoms with Crippen molar-refractivity contribution in [2.45, 2.75) is 26.9 Å². The molecule has 90 valence electrons. The largest absolute Gasteiger partial charge is 0.483 e. The van der Waals surface area contributed by atoms with Crippen LogP contribution >= 0.6 is 11.3 Å². The van der Waals surface area contributed by atoms with Gasteiger partial charge in [0.1, 0.15) is 11.9 Å². The van der Waals surface area contributed by atoms with Crippen LogP contribution in [0, 0.1) is 13.8 Å². The van der Waals surface area contributed by atoms with E-state index in [1.165, 1.54) is 16.9 Å². The molecule has 0 fully saturated rings. The molecule has 4 nitrogen and oxygen atoms in total. The molecule has 0 aliphatic rings. The number of anilines is 1. The second-order valence-corrected chi connectivity index (χ2v) is 5.05. The zero-order valence-electron chi connectivity index (χ0n) is 10.1. The van der Waals surface area contributed by atoms with Gasteiger partial charge in [0.2, 0.25) is 5.13 Å². The highest BCUT2D eigenvalue weighted by atomic mass is 32.1. The number of ether oxygens (including phenoxy) is 1. The lowest BCUT2D eigenvalue weighted by Crippen LogP contribution is -2.04. The number of hydrogen-bond donors (Lipinski definition) is 1. The first-order valence-corrected chi connectivity index (χ1v) is 6.20. The number of nitrogens with zero attached hydrogens (tertiary/aromatic N) is 2. The van der Waals surface area contributed by atoms with E-state index in [9.17, 15) is 0 Å². The highest BCUT2D eigenvalue weighted by Crippen LogP contribution is 2.27. The highest BCUT2D eigenvalue weighted by molar-refractivity contribution is 7.15. The molecule has 5 heteroatoms. The third-order valence-electron chi connectivity index (χ3n) is 2.45.